The largest absolute Gasteiger partial charge is 0.394 e. The predicted octanol–water partition coefficient (Wildman–Crippen LogP) is -0.752. The van der Waals surface area contributed by atoms with Gasteiger partial charge in [-0.25, -0.2) is 0 Å². The molecule has 11 N–H and O–H groups in total. The van der Waals surface area contributed by atoms with Crippen LogP contribution in [-0.4, -0.2) is 186 Å². The first kappa shape index (κ1) is 48.7. The first-order chi connectivity index (χ1) is 29.8. The normalized spacial score (nSPS) is 56.3. The Kier molecular flexibility index (Phi) is 14.4. The van der Waals surface area contributed by atoms with Crippen molar-refractivity contribution in [3.8, 4) is 0 Å². The van der Waals surface area contributed by atoms with Crippen molar-refractivity contribution in [2.45, 2.75) is 209 Å². The van der Waals surface area contributed by atoms with Crippen LogP contribution in [-0.2, 0) is 33.2 Å². The highest BCUT2D eigenvalue weighted by atomic mass is 16.8. The molecule has 27 atom stereocenters. The summed E-state index contributed by atoms with van der Waals surface area (Å²) >= 11 is 0. The van der Waals surface area contributed by atoms with Gasteiger partial charge in [-0.1, -0.05) is 27.7 Å². The van der Waals surface area contributed by atoms with Gasteiger partial charge in [-0.15, -0.1) is 0 Å². The fraction of sp³-hybridized carbons (Fsp3) is 1.00. The summed E-state index contributed by atoms with van der Waals surface area (Å²) in [6, 6.07) is 0. The molecule has 0 aromatic heterocycles. The van der Waals surface area contributed by atoms with Gasteiger partial charge >= 0.3 is 0 Å². The fourth-order valence-electron chi connectivity index (χ4n) is 14.1. The van der Waals surface area contributed by atoms with Crippen molar-refractivity contribution in [2.75, 3.05) is 19.8 Å². The number of fused-ring (bicyclic) bond motifs is 7. The Morgan fingerprint density at radius 1 is 0.651 bits per heavy atom. The van der Waals surface area contributed by atoms with Crippen LogP contribution in [0.1, 0.15) is 98.8 Å². The lowest BCUT2D eigenvalue weighted by Gasteiger charge is -2.61. The second-order valence-electron chi connectivity index (χ2n) is 21.4. The van der Waals surface area contributed by atoms with Crippen molar-refractivity contribution >= 4 is 0 Å². The molecule has 0 spiro atoms. The van der Waals surface area contributed by atoms with E-state index in [1.807, 2.05) is 6.92 Å². The molecule has 0 radical (unpaired) electrons. The van der Waals surface area contributed by atoms with Gasteiger partial charge in [0.1, 0.15) is 67.1 Å². The van der Waals surface area contributed by atoms with E-state index in [1.54, 1.807) is 0 Å². The number of hydrogen-bond acceptors (Lipinski definition) is 18. The third-order valence-electron chi connectivity index (χ3n) is 17.9. The molecular formula is C45H76O18. The van der Waals surface area contributed by atoms with Gasteiger partial charge < -0.3 is 89.3 Å². The third kappa shape index (κ3) is 8.60. The van der Waals surface area contributed by atoms with E-state index in [1.165, 1.54) is 6.92 Å². The van der Waals surface area contributed by atoms with Gasteiger partial charge in [-0.05, 0) is 111 Å². The molecule has 0 aromatic carbocycles. The maximum atomic E-state index is 12.1. The monoisotopic (exact) mass is 905 g/mol. The molecular weight excluding hydrogens is 828 g/mol. The number of aliphatic hydroxyl groups excluding tert-OH is 10. The quantitative estimate of drug-likeness (QED) is 0.107. The van der Waals surface area contributed by atoms with Crippen molar-refractivity contribution in [3.05, 3.63) is 0 Å². The molecule has 8 fully saturated rings. The summed E-state index contributed by atoms with van der Waals surface area (Å²) in [5.74, 6) is 0.658. The SMILES string of the molecule is CC(CCC1(O)OC2CC3C4CCC5CC(OC6OC(CO)C(O)C(O)C6OC6OC(C)C(O)C(O)C6O)CCC5(C)C4CCC3(C)C2C1C)COC1OC(CO)C(O)C(O)C1O. The van der Waals surface area contributed by atoms with E-state index in [2.05, 4.69) is 20.8 Å². The zero-order chi connectivity index (χ0) is 45.5. The van der Waals surface area contributed by atoms with Crippen LogP contribution in [0, 0.1) is 52.3 Å². The van der Waals surface area contributed by atoms with E-state index in [9.17, 15) is 56.2 Å². The second kappa shape index (κ2) is 18.6. The summed E-state index contributed by atoms with van der Waals surface area (Å²) < 4.78 is 42.2. The van der Waals surface area contributed by atoms with E-state index < -0.39 is 111 Å². The molecule has 63 heavy (non-hydrogen) atoms. The molecule has 8 rings (SSSR count). The fourth-order valence-corrected chi connectivity index (χ4v) is 14.1. The Morgan fingerprint density at radius 3 is 1.98 bits per heavy atom. The van der Waals surface area contributed by atoms with Gasteiger partial charge in [0.2, 0.25) is 0 Å². The first-order valence-corrected chi connectivity index (χ1v) is 23.7. The molecule has 0 amide bonds. The lowest BCUT2D eigenvalue weighted by Crippen LogP contribution is -2.64. The van der Waals surface area contributed by atoms with Gasteiger partial charge in [0.25, 0.3) is 0 Å². The van der Waals surface area contributed by atoms with E-state index in [-0.39, 0.29) is 47.4 Å². The van der Waals surface area contributed by atoms with Gasteiger partial charge in [-0.2, -0.15) is 0 Å². The smallest absolute Gasteiger partial charge is 0.187 e. The molecule has 18 heteroatoms. The van der Waals surface area contributed by atoms with E-state index in [0.29, 0.717) is 36.5 Å². The van der Waals surface area contributed by atoms with Gasteiger partial charge in [-0.3, -0.25) is 0 Å². The zero-order valence-electron chi connectivity index (χ0n) is 37.3. The minimum atomic E-state index is -1.64. The van der Waals surface area contributed by atoms with Gasteiger partial charge in [0.15, 0.2) is 24.7 Å². The van der Waals surface area contributed by atoms with Crippen LogP contribution in [0.25, 0.3) is 0 Å². The van der Waals surface area contributed by atoms with Crippen LogP contribution in [0.4, 0.5) is 0 Å². The van der Waals surface area contributed by atoms with Crippen LogP contribution in [0.15, 0.2) is 0 Å². The molecule has 4 heterocycles. The van der Waals surface area contributed by atoms with Crippen molar-refractivity contribution in [1.29, 1.82) is 0 Å². The second-order valence-corrected chi connectivity index (χ2v) is 21.4. The Bertz CT molecular complexity index is 1540. The lowest BCUT2D eigenvalue weighted by atomic mass is 9.44. The zero-order valence-corrected chi connectivity index (χ0v) is 37.3. The van der Waals surface area contributed by atoms with Gasteiger partial charge in [0, 0.05) is 12.3 Å². The number of ether oxygens (including phenoxy) is 7. The van der Waals surface area contributed by atoms with Crippen molar-refractivity contribution in [2.24, 2.45) is 52.3 Å². The van der Waals surface area contributed by atoms with Gasteiger partial charge in [0.05, 0.1) is 38.1 Å². The third-order valence-corrected chi connectivity index (χ3v) is 17.9. The Morgan fingerprint density at radius 2 is 1.29 bits per heavy atom. The standard InChI is InChI=1S/C45H76O18/c1-19(18-57-40-37(54)35(52)32(49)28(16-46)60-40)8-13-45(56)20(2)30-27(63-45)15-26-24-7-6-22-14-23(9-11-43(22,4)25(24)10-12-44(26,30)5)59-42-39(36(53)33(50)29(17-47)61-42)62-41-38(55)34(51)31(48)21(3)58-41/h19-42,46-56H,6-18H2,1-5H3. The minimum absolute atomic E-state index is 0.0145. The Labute approximate surface area is 369 Å². The van der Waals surface area contributed by atoms with Crippen LogP contribution in [0.3, 0.4) is 0 Å². The van der Waals surface area contributed by atoms with Crippen molar-refractivity contribution in [1.82, 2.24) is 0 Å². The maximum absolute atomic E-state index is 12.1. The summed E-state index contributed by atoms with van der Waals surface area (Å²) in [4.78, 5) is 0. The summed E-state index contributed by atoms with van der Waals surface area (Å²) in [5, 5.41) is 115. The number of hydrogen-bond donors (Lipinski definition) is 11. The maximum Gasteiger partial charge on any atom is 0.187 e. The molecule has 4 saturated carbocycles. The molecule has 364 valence electrons. The van der Waals surface area contributed by atoms with E-state index >= 15 is 0 Å². The topological polar surface area (TPSA) is 287 Å². The highest BCUT2D eigenvalue weighted by Crippen LogP contribution is 2.71. The van der Waals surface area contributed by atoms with E-state index in [4.69, 9.17) is 33.2 Å². The summed E-state index contributed by atoms with van der Waals surface area (Å²) in [7, 11) is 0. The Hall–Kier alpha value is -0.720. The molecule has 18 nitrogen and oxygen atoms in total. The van der Waals surface area contributed by atoms with E-state index in [0.717, 1.165) is 51.4 Å². The number of aliphatic hydroxyl groups is 11. The van der Waals surface area contributed by atoms with Crippen molar-refractivity contribution in [3.63, 3.8) is 0 Å². The lowest BCUT2D eigenvalue weighted by molar-refractivity contribution is -0.371. The average molecular weight is 905 g/mol. The summed E-state index contributed by atoms with van der Waals surface area (Å²) in [6.07, 6.45) is -12.1. The molecule has 4 aliphatic carbocycles. The minimum Gasteiger partial charge on any atom is -0.394 e. The number of rotatable bonds is 12. The highest BCUT2D eigenvalue weighted by molar-refractivity contribution is 5.15. The molecule has 27 unspecified atom stereocenters. The van der Waals surface area contributed by atoms with Crippen LogP contribution in [0.2, 0.25) is 0 Å². The molecule has 4 saturated heterocycles. The average Bonchev–Trinajstić information content (AvgIpc) is 3.70. The molecule has 0 aromatic rings. The van der Waals surface area contributed by atoms with Crippen LogP contribution >= 0.6 is 0 Å². The molecule has 4 aliphatic heterocycles. The van der Waals surface area contributed by atoms with Crippen molar-refractivity contribution < 1.29 is 89.3 Å². The first-order valence-electron chi connectivity index (χ1n) is 23.7. The van der Waals surface area contributed by atoms with Crippen LogP contribution < -0.4 is 0 Å². The highest BCUT2D eigenvalue weighted by Gasteiger charge is 2.68. The predicted molar refractivity (Wildman–Crippen MR) is 218 cm³/mol. The molecule has 8 aliphatic rings. The Balaban J connectivity index is 0.868. The summed E-state index contributed by atoms with van der Waals surface area (Å²) in [6.45, 7) is 9.57. The van der Waals surface area contributed by atoms with Crippen LogP contribution in [0.5, 0.6) is 0 Å². The molecule has 0 bridgehead atoms. The summed E-state index contributed by atoms with van der Waals surface area (Å²) in [5.41, 5.74) is 0.0866.